The third-order valence-corrected chi connectivity index (χ3v) is 3.57. The lowest BCUT2D eigenvalue weighted by Gasteiger charge is -2.12. The van der Waals surface area contributed by atoms with E-state index in [1.165, 1.54) is 7.11 Å². The molecule has 0 unspecified atom stereocenters. The van der Waals surface area contributed by atoms with Gasteiger partial charge in [0.05, 0.1) is 13.7 Å². The van der Waals surface area contributed by atoms with Gasteiger partial charge in [-0.25, -0.2) is 4.79 Å². The lowest BCUT2D eigenvalue weighted by Crippen LogP contribution is -2.20. The van der Waals surface area contributed by atoms with Crippen LogP contribution in [0.4, 0.5) is 16.2 Å². The smallest absolute Gasteiger partial charge is 0.323 e. The minimum atomic E-state index is -0.447. The summed E-state index contributed by atoms with van der Waals surface area (Å²) < 4.78 is 5.89. The molecule has 0 atom stereocenters. The summed E-state index contributed by atoms with van der Waals surface area (Å²) in [6.45, 7) is -0.173. The van der Waals surface area contributed by atoms with E-state index in [1.54, 1.807) is 36.4 Å². The molecule has 0 aromatic heterocycles. The summed E-state index contributed by atoms with van der Waals surface area (Å²) in [6.07, 6.45) is 0. The maximum Gasteiger partial charge on any atom is 0.323 e. The SMILES string of the molecule is COc1cc(Cl)cc(NC(=O)Nc2cc(Br)ccc2CO)c1. The third kappa shape index (κ3) is 4.37. The standard InChI is InChI=1S/C15H14BrClN2O3/c1-22-13-6-11(17)5-12(7-13)18-15(21)19-14-4-10(16)3-2-9(14)8-20/h2-7,20H,8H2,1H3,(H2,18,19,21). The molecular weight excluding hydrogens is 372 g/mol. The van der Waals surface area contributed by atoms with Gasteiger partial charge in [0.1, 0.15) is 5.75 Å². The van der Waals surface area contributed by atoms with Gasteiger partial charge in [0.25, 0.3) is 0 Å². The van der Waals surface area contributed by atoms with Gasteiger partial charge >= 0.3 is 6.03 Å². The molecule has 116 valence electrons. The number of urea groups is 1. The summed E-state index contributed by atoms with van der Waals surface area (Å²) in [5.41, 5.74) is 1.63. The molecule has 0 radical (unpaired) electrons. The number of halogens is 2. The molecule has 0 fully saturated rings. The molecular formula is C15H14BrClN2O3. The highest BCUT2D eigenvalue weighted by Gasteiger charge is 2.09. The fourth-order valence-electron chi connectivity index (χ4n) is 1.84. The predicted octanol–water partition coefficient (Wildman–Crippen LogP) is 4.25. The van der Waals surface area contributed by atoms with Crippen LogP contribution in [0.25, 0.3) is 0 Å². The number of rotatable bonds is 4. The van der Waals surface area contributed by atoms with Crippen molar-refractivity contribution in [2.45, 2.75) is 6.61 Å². The Morgan fingerprint density at radius 3 is 2.73 bits per heavy atom. The Hall–Kier alpha value is -1.76. The van der Waals surface area contributed by atoms with Crippen LogP contribution in [-0.4, -0.2) is 18.2 Å². The molecule has 0 aliphatic rings. The fourth-order valence-corrected chi connectivity index (χ4v) is 2.43. The van der Waals surface area contributed by atoms with E-state index in [-0.39, 0.29) is 6.61 Å². The van der Waals surface area contributed by atoms with Crippen molar-refractivity contribution >= 4 is 44.9 Å². The van der Waals surface area contributed by atoms with Gasteiger partial charge in [0, 0.05) is 32.5 Å². The van der Waals surface area contributed by atoms with E-state index in [9.17, 15) is 9.90 Å². The zero-order chi connectivity index (χ0) is 16.1. The minimum Gasteiger partial charge on any atom is -0.497 e. The number of amides is 2. The Morgan fingerprint density at radius 2 is 2.05 bits per heavy atom. The highest BCUT2D eigenvalue weighted by atomic mass is 79.9. The molecule has 0 spiro atoms. The van der Waals surface area contributed by atoms with Crippen LogP contribution in [0.15, 0.2) is 40.9 Å². The van der Waals surface area contributed by atoms with Crippen LogP contribution in [0, 0.1) is 0 Å². The Kier molecular flexibility index (Phi) is 5.65. The quantitative estimate of drug-likeness (QED) is 0.737. The number of ether oxygens (including phenoxy) is 1. The number of hydrogen-bond acceptors (Lipinski definition) is 3. The molecule has 2 aromatic carbocycles. The topological polar surface area (TPSA) is 70.6 Å². The molecule has 0 saturated heterocycles. The first-order valence-electron chi connectivity index (χ1n) is 6.33. The van der Waals surface area contributed by atoms with E-state index < -0.39 is 6.03 Å². The second-order valence-electron chi connectivity index (χ2n) is 4.42. The predicted molar refractivity (Wildman–Crippen MR) is 90.7 cm³/mol. The molecule has 7 heteroatoms. The minimum absolute atomic E-state index is 0.173. The highest BCUT2D eigenvalue weighted by molar-refractivity contribution is 9.10. The molecule has 3 N–H and O–H groups in total. The van der Waals surface area contributed by atoms with E-state index in [1.807, 2.05) is 0 Å². The van der Waals surface area contributed by atoms with Gasteiger partial charge in [-0.1, -0.05) is 33.6 Å². The Morgan fingerprint density at radius 1 is 1.27 bits per heavy atom. The average molecular weight is 386 g/mol. The zero-order valence-electron chi connectivity index (χ0n) is 11.7. The van der Waals surface area contributed by atoms with Gasteiger partial charge < -0.3 is 20.5 Å². The average Bonchev–Trinajstić information content (AvgIpc) is 2.46. The first-order chi connectivity index (χ1) is 10.5. The van der Waals surface area contributed by atoms with Crippen LogP contribution in [0.3, 0.4) is 0 Å². The van der Waals surface area contributed by atoms with E-state index in [2.05, 4.69) is 26.6 Å². The van der Waals surface area contributed by atoms with Crippen LogP contribution in [-0.2, 0) is 6.61 Å². The fraction of sp³-hybridized carbons (Fsp3) is 0.133. The summed E-state index contributed by atoms with van der Waals surface area (Å²) in [5, 5.41) is 15.1. The van der Waals surface area contributed by atoms with Gasteiger partial charge in [-0.3, -0.25) is 0 Å². The van der Waals surface area contributed by atoms with E-state index >= 15 is 0 Å². The van der Waals surface area contributed by atoms with Crippen molar-refractivity contribution in [3.05, 3.63) is 51.5 Å². The molecule has 2 aromatic rings. The third-order valence-electron chi connectivity index (χ3n) is 2.86. The largest absolute Gasteiger partial charge is 0.497 e. The first kappa shape index (κ1) is 16.6. The molecule has 0 aliphatic carbocycles. The molecule has 0 bridgehead atoms. The molecule has 0 heterocycles. The molecule has 22 heavy (non-hydrogen) atoms. The molecule has 0 saturated carbocycles. The van der Waals surface area contributed by atoms with Gasteiger partial charge in [-0.2, -0.15) is 0 Å². The monoisotopic (exact) mass is 384 g/mol. The summed E-state index contributed by atoms with van der Waals surface area (Å²) in [6, 6.07) is 9.68. The number of carbonyl (C=O) groups is 1. The summed E-state index contributed by atoms with van der Waals surface area (Å²) in [5.74, 6) is 0.543. The van der Waals surface area contributed by atoms with Crippen molar-refractivity contribution in [2.75, 3.05) is 17.7 Å². The normalized spacial score (nSPS) is 10.2. The van der Waals surface area contributed by atoms with E-state index in [0.717, 1.165) is 4.47 Å². The van der Waals surface area contributed by atoms with Crippen molar-refractivity contribution in [2.24, 2.45) is 0 Å². The highest BCUT2D eigenvalue weighted by Crippen LogP contribution is 2.25. The van der Waals surface area contributed by atoms with E-state index in [4.69, 9.17) is 16.3 Å². The van der Waals surface area contributed by atoms with Gasteiger partial charge in [0.2, 0.25) is 0 Å². The molecule has 2 rings (SSSR count). The van der Waals surface area contributed by atoms with Crippen LogP contribution >= 0.6 is 27.5 Å². The van der Waals surface area contributed by atoms with Crippen molar-refractivity contribution in [1.29, 1.82) is 0 Å². The number of anilines is 2. The number of carbonyl (C=O) groups excluding carboxylic acids is 1. The Bertz CT molecular complexity index is 694. The lowest BCUT2D eigenvalue weighted by atomic mass is 10.2. The Labute approximate surface area is 141 Å². The second-order valence-corrected chi connectivity index (χ2v) is 5.77. The number of benzene rings is 2. The molecule has 5 nitrogen and oxygen atoms in total. The Balaban J connectivity index is 2.13. The van der Waals surface area contributed by atoms with Gasteiger partial charge in [-0.05, 0) is 24.3 Å². The van der Waals surface area contributed by atoms with Crippen LogP contribution in [0.5, 0.6) is 5.75 Å². The van der Waals surface area contributed by atoms with E-state index in [0.29, 0.717) is 27.7 Å². The number of aliphatic hydroxyl groups is 1. The summed E-state index contributed by atoms with van der Waals surface area (Å²) >= 11 is 9.27. The zero-order valence-corrected chi connectivity index (χ0v) is 14.0. The van der Waals surface area contributed by atoms with Crippen LogP contribution < -0.4 is 15.4 Å². The van der Waals surface area contributed by atoms with Crippen molar-refractivity contribution < 1.29 is 14.6 Å². The van der Waals surface area contributed by atoms with Crippen molar-refractivity contribution in [3.8, 4) is 5.75 Å². The van der Waals surface area contributed by atoms with Gasteiger partial charge in [0.15, 0.2) is 0 Å². The van der Waals surface area contributed by atoms with Crippen LogP contribution in [0.2, 0.25) is 5.02 Å². The first-order valence-corrected chi connectivity index (χ1v) is 7.51. The maximum absolute atomic E-state index is 12.1. The number of aliphatic hydroxyl groups excluding tert-OH is 1. The molecule has 2 amide bonds. The van der Waals surface area contributed by atoms with Gasteiger partial charge in [-0.15, -0.1) is 0 Å². The number of nitrogens with one attached hydrogen (secondary N) is 2. The number of hydrogen-bond donors (Lipinski definition) is 3. The van der Waals surface area contributed by atoms with Crippen molar-refractivity contribution in [1.82, 2.24) is 0 Å². The lowest BCUT2D eigenvalue weighted by molar-refractivity contribution is 0.262. The van der Waals surface area contributed by atoms with Crippen LogP contribution in [0.1, 0.15) is 5.56 Å². The van der Waals surface area contributed by atoms with Crippen molar-refractivity contribution in [3.63, 3.8) is 0 Å². The molecule has 0 aliphatic heterocycles. The second kappa shape index (κ2) is 7.49. The summed E-state index contributed by atoms with van der Waals surface area (Å²) in [4.78, 5) is 12.1. The maximum atomic E-state index is 12.1. The summed E-state index contributed by atoms with van der Waals surface area (Å²) in [7, 11) is 1.52. The number of methoxy groups -OCH3 is 1.